The minimum atomic E-state index is 0.904. The topological polar surface area (TPSA) is 15.3 Å². The predicted octanol–water partition coefficient (Wildman–Crippen LogP) is 0.585. The molecule has 1 aliphatic carbocycles. The molecular formula is C9H16N2. The van der Waals surface area contributed by atoms with Gasteiger partial charge in [0.05, 0.1) is 0 Å². The fraction of sp³-hybridized carbons (Fsp3) is 1.00. The molecule has 0 aromatic carbocycles. The van der Waals surface area contributed by atoms with Crippen LogP contribution in [0.15, 0.2) is 0 Å². The lowest BCUT2D eigenvalue weighted by molar-refractivity contribution is 0.144. The van der Waals surface area contributed by atoms with Crippen LogP contribution in [0.25, 0.3) is 0 Å². The fourth-order valence-corrected chi connectivity index (χ4v) is 2.78. The molecule has 3 rings (SSSR count). The fourth-order valence-electron chi connectivity index (χ4n) is 2.78. The third kappa shape index (κ3) is 0.926. The van der Waals surface area contributed by atoms with Gasteiger partial charge in [0.2, 0.25) is 0 Å². The molecule has 2 atom stereocenters. The average molecular weight is 152 g/mol. The SMILES string of the molecule is C1CC1N1C2CCC1CNC2. The highest BCUT2D eigenvalue weighted by molar-refractivity contribution is 5.01. The van der Waals surface area contributed by atoms with Gasteiger partial charge in [0.15, 0.2) is 0 Å². The van der Waals surface area contributed by atoms with Gasteiger partial charge in [-0.2, -0.15) is 0 Å². The first-order chi connectivity index (χ1) is 5.45. The first kappa shape index (κ1) is 6.44. The lowest BCUT2D eigenvalue weighted by Gasteiger charge is -2.35. The highest BCUT2D eigenvalue weighted by Gasteiger charge is 2.44. The summed E-state index contributed by atoms with van der Waals surface area (Å²) in [4.78, 5) is 2.80. The van der Waals surface area contributed by atoms with E-state index in [4.69, 9.17) is 0 Å². The van der Waals surface area contributed by atoms with E-state index in [1.165, 1.54) is 38.8 Å². The van der Waals surface area contributed by atoms with Crippen LogP contribution in [0.3, 0.4) is 0 Å². The summed E-state index contributed by atoms with van der Waals surface area (Å²) in [5, 5.41) is 3.52. The van der Waals surface area contributed by atoms with Crippen molar-refractivity contribution in [2.75, 3.05) is 13.1 Å². The molecule has 0 aromatic heterocycles. The molecule has 2 nitrogen and oxygen atoms in total. The second kappa shape index (κ2) is 2.20. The third-order valence-corrected chi connectivity index (χ3v) is 3.40. The van der Waals surface area contributed by atoms with Gasteiger partial charge in [-0.3, -0.25) is 4.90 Å². The smallest absolute Gasteiger partial charge is 0.0227 e. The molecular weight excluding hydrogens is 136 g/mol. The molecule has 2 unspecified atom stereocenters. The van der Waals surface area contributed by atoms with Crippen molar-refractivity contribution in [2.24, 2.45) is 0 Å². The van der Waals surface area contributed by atoms with Crippen LogP contribution in [0.5, 0.6) is 0 Å². The molecule has 2 saturated heterocycles. The third-order valence-electron chi connectivity index (χ3n) is 3.40. The van der Waals surface area contributed by atoms with Crippen molar-refractivity contribution in [3.63, 3.8) is 0 Å². The van der Waals surface area contributed by atoms with Crippen LogP contribution in [0, 0.1) is 0 Å². The normalized spacial score (nSPS) is 44.7. The lowest BCUT2D eigenvalue weighted by atomic mass is 10.2. The van der Waals surface area contributed by atoms with Crippen LogP contribution in [0.2, 0.25) is 0 Å². The second-order valence-electron chi connectivity index (χ2n) is 4.22. The van der Waals surface area contributed by atoms with E-state index in [0.29, 0.717) is 0 Å². The molecule has 2 heterocycles. The number of hydrogen-bond acceptors (Lipinski definition) is 2. The Balaban J connectivity index is 1.80. The summed E-state index contributed by atoms with van der Waals surface area (Å²) >= 11 is 0. The summed E-state index contributed by atoms with van der Waals surface area (Å²) in [5.41, 5.74) is 0. The molecule has 0 amide bonds. The molecule has 11 heavy (non-hydrogen) atoms. The van der Waals surface area contributed by atoms with Gasteiger partial charge < -0.3 is 5.32 Å². The summed E-state index contributed by atoms with van der Waals surface area (Å²) < 4.78 is 0. The predicted molar refractivity (Wildman–Crippen MR) is 44.5 cm³/mol. The molecule has 2 bridgehead atoms. The molecule has 2 aliphatic heterocycles. The molecule has 0 radical (unpaired) electrons. The zero-order valence-electron chi connectivity index (χ0n) is 6.92. The summed E-state index contributed by atoms with van der Waals surface area (Å²) in [6.45, 7) is 2.51. The van der Waals surface area contributed by atoms with Gasteiger partial charge in [0.25, 0.3) is 0 Å². The first-order valence-corrected chi connectivity index (χ1v) is 4.93. The van der Waals surface area contributed by atoms with Gasteiger partial charge >= 0.3 is 0 Å². The van der Waals surface area contributed by atoms with Crippen molar-refractivity contribution in [3.8, 4) is 0 Å². The van der Waals surface area contributed by atoms with Crippen LogP contribution < -0.4 is 5.32 Å². The van der Waals surface area contributed by atoms with Gasteiger partial charge in [0.1, 0.15) is 0 Å². The van der Waals surface area contributed by atoms with Crippen molar-refractivity contribution in [2.45, 2.75) is 43.8 Å². The minimum absolute atomic E-state index is 0.904. The van der Waals surface area contributed by atoms with Crippen molar-refractivity contribution >= 4 is 0 Å². The largest absolute Gasteiger partial charge is 0.314 e. The number of hydrogen-bond donors (Lipinski definition) is 1. The maximum absolute atomic E-state index is 3.52. The van der Waals surface area contributed by atoms with E-state index in [1.807, 2.05) is 0 Å². The van der Waals surface area contributed by atoms with Gasteiger partial charge in [-0.25, -0.2) is 0 Å². The van der Waals surface area contributed by atoms with Gasteiger partial charge in [-0.15, -0.1) is 0 Å². The maximum atomic E-state index is 3.52. The lowest BCUT2D eigenvalue weighted by Crippen LogP contribution is -2.52. The van der Waals surface area contributed by atoms with E-state index in [9.17, 15) is 0 Å². The first-order valence-electron chi connectivity index (χ1n) is 4.93. The Morgan fingerprint density at radius 2 is 1.36 bits per heavy atom. The Bertz CT molecular complexity index is 149. The number of piperazine rings is 1. The van der Waals surface area contributed by atoms with Crippen molar-refractivity contribution in [1.82, 2.24) is 10.2 Å². The van der Waals surface area contributed by atoms with E-state index in [-0.39, 0.29) is 0 Å². The molecule has 62 valence electrons. The van der Waals surface area contributed by atoms with E-state index < -0.39 is 0 Å². The number of nitrogens with one attached hydrogen (secondary N) is 1. The Labute approximate surface area is 68.0 Å². The molecule has 2 heteroatoms. The van der Waals surface area contributed by atoms with Crippen molar-refractivity contribution < 1.29 is 0 Å². The van der Waals surface area contributed by atoms with E-state index in [2.05, 4.69) is 10.2 Å². The Morgan fingerprint density at radius 1 is 0.818 bits per heavy atom. The number of fused-ring (bicyclic) bond motifs is 2. The molecule has 1 saturated carbocycles. The average Bonchev–Trinajstić information content (AvgIpc) is 2.81. The quantitative estimate of drug-likeness (QED) is 0.591. The Morgan fingerprint density at radius 3 is 1.91 bits per heavy atom. The van der Waals surface area contributed by atoms with Crippen LogP contribution in [0.4, 0.5) is 0 Å². The van der Waals surface area contributed by atoms with Crippen LogP contribution in [-0.4, -0.2) is 36.1 Å². The van der Waals surface area contributed by atoms with Crippen molar-refractivity contribution in [1.29, 1.82) is 0 Å². The molecule has 3 fully saturated rings. The number of nitrogens with zero attached hydrogens (tertiary/aromatic N) is 1. The van der Waals surface area contributed by atoms with E-state index in [1.54, 1.807) is 0 Å². The number of rotatable bonds is 1. The van der Waals surface area contributed by atoms with Crippen LogP contribution >= 0.6 is 0 Å². The monoisotopic (exact) mass is 152 g/mol. The van der Waals surface area contributed by atoms with Gasteiger partial charge in [0, 0.05) is 31.2 Å². The summed E-state index contributed by atoms with van der Waals surface area (Å²) in [6, 6.07) is 2.80. The molecule has 3 aliphatic rings. The molecule has 0 aromatic rings. The highest BCUT2D eigenvalue weighted by atomic mass is 15.3. The van der Waals surface area contributed by atoms with E-state index in [0.717, 1.165) is 18.1 Å². The van der Waals surface area contributed by atoms with Crippen molar-refractivity contribution in [3.05, 3.63) is 0 Å². The maximum Gasteiger partial charge on any atom is 0.0227 e. The zero-order valence-corrected chi connectivity index (χ0v) is 6.92. The van der Waals surface area contributed by atoms with Crippen LogP contribution in [-0.2, 0) is 0 Å². The summed E-state index contributed by atoms with van der Waals surface area (Å²) in [7, 11) is 0. The molecule has 0 spiro atoms. The Kier molecular flexibility index (Phi) is 1.29. The summed E-state index contributed by atoms with van der Waals surface area (Å²) in [6.07, 6.45) is 5.86. The zero-order chi connectivity index (χ0) is 7.26. The van der Waals surface area contributed by atoms with Gasteiger partial charge in [-0.1, -0.05) is 0 Å². The Hall–Kier alpha value is -0.0800. The van der Waals surface area contributed by atoms with Gasteiger partial charge in [-0.05, 0) is 25.7 Å². The highest BCUT2D eigenvalue weighted by Crippen LogP contribution is 2.37. The van der Waals surface area contributed by atoms with E-state index >= 15 is 0 Å². The molecule has 1 N–H and O–H groups in total. The second-order valence-corrected chi connectivity index (χ2v) is 4.22. The standard InChI is InChI=1S/C9H16N2/c1-2-7(1)11-8-3-4-9(11)6-10-5-8/h7-10H,1-6H2. The van der Waals surface area contributed by atoms with Crippen LogP contribution in [0.1, 0.15) is 25.7 Å². The minimum Gasteiger partial charge on any atom is -0.314 e. The summed E-state index contributed by atoms with van der Waals surface area (Å²) in [5.74, 6) is 0.